The Kier molecular flexibility index (Phi) is 5.84. The Hall–Kier alpha value is -2.35. The number of carbonyl (C=O) groups excluding carboxylic acids is 2. The molecule has 2 fully saturated rings. The van der Waals surface area contributed by atoms with E-state index in [1.54, 1.807) is 19.1 Å². The minimum absolute atomic E-state index is 0.0384. The lowest BCUT2D eigenvalue weighted by Crippen LogP contribution is -2.46. The number of ether oxygens (including phenoxy) is 1. The summed E-state index contributed by atoms with van der Waals surface area (Å²) in [6, 6.07) is 3.81. The van der Waals surface area contributed by atoms with Crippen molar-refractivity contribution < 1.29 is 18.7 Å². The van der Waals surface area contributed by atoms with Gasteiger partial charge in [-0.25, -0.2) is 9.18 Å². The number of halogens is 1. The first-order valence-electron chi connectivity index (χ1n) is 9.39. The molecule has 0 bridgehead atoms. The monoisotopic (exact) mass is 378 g/mol. The number of urea groups is 1. The average Bonchev–Trinajstić information content (AvgIpc) is 3.37. The fourth-order valence-corrected chi connectivity index (χ4v) is 3.21. The molecule has 1 aromatic carbocycles. The van der Waals surface area contributed by atoms with Crippen molar-refractivity contribution in [2.24, 2.45) is 0 Å². The molecular weight excluding hydrogens is 351 g/mol. The lowest BCUT2D eigenvalue weighted by atomic mass is 10.1. The van der Waals surface area contributed by atoms with Crippen LogP contribution in [-0.4, -0.2) is 49.3 Å². The molecule has 1 saturated carbocycles. The highest BCUT2D eigenvalue weighted by Crippen LogP contribution is 2.26. The van der Waals surface area contributed by atoms with E-state index >= 15 is 0 Å². The Morgan fingerprint density at radius 2 is 1.89 bits per heavy atom. The first kappa shape index (κ1) is 19.4. The van der Waals surface area contributed by atoms with E-state index in [1.165, 1.54) is 6.07 Å². The van der Waals surface area contributed by atoms with Crippen LogP contribution in [0.5, 0.6) is 0 Å². The summed E-state index contributed by atoms with van der Waals surface area (Å²) in [7, 11) is 0. The van der Waals surface area contributed by atoms with Crippen LogP contribution in [0, 0.1) is 5.82 Å². The van der Waals surface area contributed by atoms with Gasteiger partial charge < -0.3 is 20.3 Å². The normalized spacial score (nSPS) is 23.5. The molecule has 3 N–H and O–H groups in total. The molecule has 0 radical (unpaired) electrons. The lowest BCUT2D eigenvalue weighted by Gasteiger charge is -2.37. The van der Waals surface area contributed by atoms with E-state index in [9.17, 15) is 14.0 Å². The number of nitrogens with zero attached hydrogens (tertiary/aromatic N) is 1. The number of carbonyl (C=O) groups is 2. The largest absolute Gasteiger partial charge is 0.374 e. The van der Waals surface area contributed by atoms with Crippen molar-refractivity contribution in [2.45, 2.75) is 57.9 Å². The molecule has 1 aliphatic carbocycles. The molecule has 8 heteroatoms. The third-order valence-electron chi connectivity index (χ3n) is 4.63. The van der Waals surface area contributed by atoms with Gasteiger partial charge in [-0.2, -0.15) is 0 Å². The molecule has 1 aliphatic heterocycles. The summed E-state index contributed by atoms with van der Waals surface area (Å²) in [5, 5.41) is 7.91. The molecule has 1 aromatic rings. The second-order valence-electron chi connectivity index (χ2n) is 7.43. The Morgan fingerprint density at radius 3 is 2.48 bits per heavy atom. The fourth-order valence-electron chi connectivity index (χ4n) is 3.21. The van der Waals surface area contributed by atoms with Crippen molar-refractivity contribution in [1.82, 2.24) is 10.6 Å². The summed E-state index contributed by atoms with van der Waals surface area (Å²) < 4.78 is 20.3. The van der Waals surface area contributed by atoms with Crippen LogP contribution >= 0.6 is 0 Å². The van der Waals surface area contributed by atoms with E-state index in [0.29, 0.717) is 24.5 Å². The van der Waals surface area contributed by atoms with Crippen LogP contribution in [0.4, 0.5) is 20.6 Å². The highest BCUT2D eigenvalue weighted by molar-refractivity contribution is 5.98. The number of anilines is 2. The second-order valence-corrected chi connectivity index (χ2v) is 7.43. The van der Waals surface area contributed by atoms with Crippen molar-refractivity contribution in [2.75, 3.05) is 23.3 Å². The van der Waals surface area contributed by atoms with Crippen molar-refractivity contribution in [1.29, 1.82) is 0 Å². The maximum atomic E-state index is 14.6. The zero-order chi connectivity index (χ0) is 19.6. The zero-order valence-electron chi connectivity index (χ0n) is 15.9. The fraction of sp³-hybridized carbons (Fsp3) is 0.579. The summed E-state index contributed by atoms with van der Waals surface area (Å²) in [5.74, 6) is -0.825. The molecule has 3 atom stereocenters. The van der Waals surface area contributed by atoms with Gasteiger partial charge in [-0.3, -0.25) is 10.1 Å². The van der Waals surface area contributed by atoms with E-state index in [-0.39, 0.29) is 24.1 Å². The third kappa shape index (κ3) is 5.32. The van der Waals surface area contributed by atoms with E-state index in [4.69, 9.17) is 4.74 Å². The number of imide groups is 1. The molecule has 2 aliphatic rings. The maximum absolute atomic E-state index is 14.6. The Bertz CT molecular complexity index is 700. The Labute approximate surface area is 158 Å². The number of nitrogens with one attached hydrogen (secondary N) is 3. The minimum Gasteiger partial charge on any atom is -0.374 e. The molecule has 1 saturated heterocycles. The number of morpholine rings is 1. The van der Waals surface area contributed by atoms with Gasteiger partial charge in [-0.1, -0.05) is 0 Å². The highest BCUT2D eigenvalue weighted by atomic mass is 19.1. The van der Waals surface area contributed by atoms with Gasteiger partial charge in [0.25, 0.3) is 0 Å². The van der Waals surface area contributed by atoms with Gasteiger partial charge in [-0.05, 0) is 51.8 Å². The first-order valence-corrected chi connectivity index (χ1v) is 9.39. The molecule has 3 amide bonds. The molecule has 1 heterocycles. The van der Waals surface area contributed by atoms with Crippen LogP contribution in [-0.2, 0) is 9.53 Å². The molecular formula is C19H27FN4O3. The molecule has 148 valence electrons. The first-order chi connectivity index (χ1) is 12.8. The summed E-state index contributed by atoms with van der Waals surface area (Å²) >= 11 is 0. The summed E-state index contributed by atoms with van der Waals surface area (Å²) in [6.07, 6.45) is 1.97. The van der Waals surface area contributed by atoms with Gasteiger partial charge >= 0.3 is 6.03 Å². The molecule has 0 spiro atoms. The molecule has 27 heavy (non-hydrogen) atoms. The number of rotatable bonds is 5. The molecule has 0 unspecified atom stereocenters. The summed E-state index contributed by atoms with van der Waals surface area (Å²) in [5.41, 5.74) is 0.999. The van der Waals surface area contributed by atoms with E-state index < -0.39 is 18.0 Å². The topological polar surface area (TPSA) is 82.7 Å². The molecule has 0 aromatic heterocycles. The molecule has 3 rings (SSSR count). The van der Waals surface area contributed by atoms with Gasteiger partial charge in [0, 0.05) is 24.8 Å². The lowest BCUT2D eigenvalue weighted by molar-refractivity contribution is -0.120. The van der Waals surface area contributed by atoms with Crippen LogP contribution < -0.4 is 20.9 Å². The second kappa shape index (κ2) is 8.12. The Morgan fingerprint density at radius 1 is 1.22 bits per heavy atom. The van der Waals surface area contributed by atoms with Gasteiger partial charge in [0.05, 0.1) is 17.9 Å². The van der Waals surface area contributed by atoms with Crippen LogP contribution in [0.1, 0.15) is 33.6 Å². The molecule has 7 nitrogen and oxygen atoms in total. The quantitative estimate of drug-likeness (QED) is 0.732. The van der Waals surface area contributed by atoms with E-state index in [1.807, 2.05) is 18.7 Å². The predicted octanol–water partition coefficient (Wildman–Crippen LogP) is 2.23. The SMILES string of the molecule is C[C@@H]1CN(c2ccc(N[C@H](C)C(=O)NC(=O)NC3CC3)cc2F)C[C@@H](C)O1. The number of hydrogen-bond acceptors (Lipinski definition) is 5. The highest BCUT2D eigenvalue weighted by Gasteiger charge is 2.26. The standard InChI is InChI=1S/C19H27FN4O3/c1-11-9-24(10-12(2)27-11)17-7-6-15(8-16(17)20)21-13(3)18(25)23-19(26)22-14-4-5-14/h6-8,11-14,21H,4-5,9-10H2,1-3H3,(H2,22,23,25,26)/t11-,12-,13-/m1/s1. The summed E-state index contributed by atoms with van der Waals surface area (Å²) in [6.45, 7) is 6.81. The average molecular weight is 378 g/mol. The van der Waals surface area contributed by atoms with Crippen LogP contribution in [0.25, 0.3) is 0 Å². The Balaban J connectivity index is 1.57. The summed E-state index contributed by atoms with van der Waals surface area (Å²) in [4.78, 5) is 25.7. The van der Waals surface area contributed by atoms with Crippen molar-refractivity contribution in [3.63, 3.8) is 0 Å². The van der Waals surface area contributed by atoms with Crippen LogP contribution in [0.2, 0.25) is 0 Å². The van der Waals surface area contributed by atoms with Crippen LogP contribution in [0.3, 0.4) is 0 Å². The van der Waals surface area contributed by atoms with Gasteiger partial charge in [0.1, 0.15) is 11.9 Å². The third-order valence-corrected chi connectivity index (χ3v) is 4.63. The predicted molar refractivity (Wildman–Crippen MR) is 101 cm³/mol. The minimum atomic E-state index is -0.677. The van der Waals surface area contributed by atoms with E-state index in [0.717, 1.165) is 12.8 Å². The van der Waals surface area contributed by atoms with Gasteiger partial charge in [0.2, 0.25) is 5.91 Å². The number of amides is 3. The van der Waals surface area contributed by atoms with Crippen molar-refractivity contribution in [3.05, 3.63) is 24.0 Å². The number of benzene rings is 1. The van der Waals surface area contributed by atoms with Gasteiger partial charge in [-0.15, -0.1) is 0 Å². The maximum Gasteiger partial charge on any atom is 0.321 e. The number of hydrogen-bond donors (Lipinski definition) is 3. The van der Waals surface area contributed by atoms with Gasteiger partial charge in [0.15, 0.2) is 0 Å². The van der Waals surface area contributed by atoms with Crippen molar-refractivity contribution >= 4 is 23.3 Å². The van der Waals surface area contributed by atoms with Crippen LogP contribution in [0.15, 0.2) is 18.2 Å². The van der Waals surface area contributed by atoms with Crippen molar-refractivity contribution in [3.8, 4) is 0 Å². The van der Waals surface area contributed by atoms with E-state index in [2.05, 4.69) is 16.0 Å². The smallest absolute Gasteiger partial charge is 0.321 e. The zero-order valence-corrected chi connectivity index (χ0v) is 15.9.